The number of hydrazine groups is 1. The lowest BCUT2D eigenvalue weighted by Crippen LogP contribution is -2.40. The lowest BCUT2D eigenvalue weighted by atomic mass is 10.0. The summed E-state index contributed by atoms with van der Waals surface area (Å²) in [5.74, 6) is 0.488. The van der Waals surface area contributed by atoms with Crippen LogP contribution >= 0.6 is 0 Å². The zero-order valence-electron chi connectivity index (χ0n) is 18.0. The molecule has 1 heterocycles. The van der Waals surface area contributed by atoms with E-state index in [1.807, 2.05) is 0 Å². The number of Topliss-reactive ketones (excluding diaryl/α,β-unsaturated/α-hetero) is 1. The molecule has 1 atom stereocenters. The Morgan fingerprint density at radius 3 is 2.33 bits per heavy atom. The van der Waals surface area contributed by atoms with Crippen molar-refractivity contribution >= 4 is 15.8 Å². The van der Waals surface area contributed by atoms with Gasteiger partial charge in [-0.3, -0.25) is 4.79 Å². The second kappa shape index (κ2) is 10.5. The van der Waals surface area contributed by atoms with Gasteiger partial charge >= 0.3 is 6.36 Å². The number of hydrogen-bond donors (Lipinski definition) is 1. The highest BCUT2D eigenvalue weighted by atomic mass is 32.2. The summed E-state index contributed by atoms with van der Waals surface area (Å²) in [6.07, 6.45) is -2.38. The fraction of sp³-hybridized carbons (Fsp3) is 0.409. The minimum absolute atomic E-state index is 0.00422. The molecule has 1 fully saturated rings. The third-order valence-corrected chi connectivity index (χ3v) is 6.58. The molecule has 0 spiro atoms. The number of alkyl halides is 3. The summed E-state index contributed by atoms with van der Waals surface area (Å²) >= 11 is 0. The first-order valence-corrected chi connectivity index (χ1v) is 11.9. The van der Waals surface area contributed by atoms with Crippen LogP contribution in [0.3, 0.4) is 0 Å². The number of sulfonamides is 1. The van der Waals surface area contributed by atoms with Gasteiger partial charge in [0.05, 0.1) is 11.5 Å². The number of rotatable bonds is 10. The van der Waals surface area contributed by atoms with E-state index in [1.54, 1.807) is 29.3 Å². The van der Waals surface area contributed by atoms with E-state index in [-0.39, 0.29) is 10.7 Å². The van der Waals surface area contributed by atoms with Crippen LogP contribution in [0.2, 0.25) is 0 Å². The van der Waals surface area contributed by atoms with Crippen LogP contribution < -0.4 is 14.3 Å². The van der Waals surface area contributed by atoms with Gasteiger partial charge in [-0.15, -0.1) is 18.0 Å². The summed E-state index contributed by atoms with van der Waals surface area (Å²) in [5.41, 5.74) is 0.626. The van der Waals surface area contributed by atoms with Crippen LogP contribution in [0.15, 0.2) is 53.4 Å². The average Bonchev–Trinajstić information content (AvgIpc) is 3.17. The molecule has 7 nitrogen and oxygen atoms in total. The lowest BCUT2D eigenvalue weighted by molar-refractivity contribution is -0.274. The quantitative estimate of drug-likeness (QED) is 0.401. The summed E-state index contributed by atoms with van der Waals surface area (Å²) in [4.78, 5) is 13.6. The molecule has 1 aliphatic heterocycles. The van der Waals surface area contributed by atoms with E-state index < -0.39 is 22.1 Å². The minimum atomic E-state index is -4.84. The summed E-state index contributed by atoms with van der Waals surface area (Å²) < 4.78 is 71.2. The Morgan fingerprint density at radius 1 is 1.09 bits per heavy atom. The smallest absolute Gasteiger partial charge is 0.494 e. The van der Waals surface area contributed by atoms with E-state index in [0.29, 0.717) is 36.9 Å². The van der Waals surface area contributed by atoms with Gasteiger partial charge in [0, 0.05) is 18.7 Å². The topological polar surface area (TPSA) is 84.9 Å². The van der Waals surface area contributed by atoms with Crippen molar-refractivity contribution in [2.75, 3.05) is 19.7 Å². The maximum Gasteiger partial charge on any atom is 0.573 e. The van der Waals surface area contributed by atoms with Crippen LogP contribution in [0.4, 0.5) is 13.2 Å². The molecule has 0 unspecified atom stereocenters. The molecule has 2 aromatic rings. The van der Waals surface area contributed by atoms with Crippen molar-refractivity contribution in [3.8, 4) is 11.5 Å². The minimum Gasteiger partial charge on any atom is -0.494 e. The fourth-order valence-corrected chi connectivity index (χ4v) is 4.65. The third-order valence-electron chi connectivity index (χ3n) is 5.19. The Balaban J connectivity index is 1.41. The lowest BCUT2D eigenvalue weighted by Gasteiger charge is -2.18. The Kier molecular flexibility index (Phi) is 7.98. The second-order valence-corrected chi connectivity index (χ2v) is 9.45. The summed E-state index contributed by atoms with van der Waals surface area (Å²) in [5, 5.41) is 1.60. The molecule has 1 N–H and O–H groups in total. The molecule has 33 heavy (non-hydrogen) atoms. The number of carbonyl (C=O) groups is 1. The molecule has 0 amide bonds. The number of ether oxygens (including phenoxy) is 2. The number of carbonyl (C=O) groups excluding carboxylic acids is 1. The molecular formula is C22H25F3N2O5S. The van der Waals surface area contributed by atoms with Crippen molar-refractivity contribution < 1.29 is 35.9 Å². The Bertz CT molecular complexity index is 1040. The number of nitrogens with one attached hydrogen (secondary N) is 1. The zero-order chi connectivity index (χ0) is 24.1. The van der Waals surface area contributed by atoms with E-state index in [9.17, 15) is 26.4 Å². The Labute approximate surface area is 190 Å². The van der Waals surface area contributed by atoms with E-state index in [2.05, 4.69) is 9.57 Å². The van der Waals surface area contributed by atoms with Crippen molar-refractivity contribution in [3.05, 3.63) is 54.1 Å². The number of hydrogen-bond acceptors (Lipinski definition) is 6. The predicted molar refractivity (Wildman–Crippen MR) is 114 cm³/mol. The van der Waals surface area contributed by atoms with Crippen LogP contribution in [0.25, 0.3) is 0 Å². The van der Waals surface area contributed by atoms with Crippen molar-refractivity contribution in [2.45, 2.75) is 37.4 Å². The highest BCUT2D eigenvalue weighted by molar-refractivity contribution is 7.89. The monoisotopic (exact) mass is 486 g/mol. The predicted octanol–water partition coefficient (Wildman–Crippen LogP) is 4.16. The maximum atomic E-state index is 12.5. The molecular weight excluding hydrogens is 461 g/mol. The van der Waals surface area contributed by atoms with Crippen molar-refractivity contribution in [1.82, 2.24) is 9.84 Å². The molecule has 0 saturated carbocycles. The molecule has 0 radical (unpaired) electrons. The van der Waals surface area contributed by atoms with Crippen molar-refractivity contribution in [2.24, 2.45) is 5.92 Å². The molecule has 0 aromatic heterocycles. The standard InChI is InChI=1S/C22H25F3N2O5S/c1-16(28)18-4-6-19(7-5-18)31-14-2-3-17-12-13-27(15-17)26-33(29,30)21-10-8-20(9-11-21)32-22(23,24)25/h4-11,17,26H,2-3,12-15H2,1H3/t17-/m1/s1. The van der Waals surface area contributed by atoms with Crippen LogP contribution in [-0.2, 0) is 10.0 Å². The zero-order valence-corrected chi connectivity index (χ0v) is 18.8. The third kappa shape index (κ3) is 7.72. The van der Waals surface area contributed by atoms with Crippen molar-refractivity contribution in [3.63, 3.8) is 0 Å². The second-order valence-electron chi connectivity index (χ2n) is 7.79. The highest BCUT2D eigenvalue weighted by Crippen LogP contribution is 2.25. The van der Waals surface area contributed by atoms with E-state index in [4.69, 9.17) is 4.74 Å². The van der Waals surface area contributed by atoms with Gasteiger partial charge in [-0.2, -0.15) is 0 Å². The van der Waals surface area contributed by atoms with Crippen molar-refractivity contribution in [1.29, 1.82) is 0 Å². The Hall–Kier alpha value is -2.63. The Morgan fingerprint density at radius 2 is 1.73 bits per heavy atom. The van der Waals surface area contributed by atoms with Gasteiger partial charge in [-0.05, 0) is 80.6 Å². The van der Waals surface area contributed by atoms with Gasteiger partial charge in [0.15, 0.2) is 5.78 Å². The van der Waals surface area contributed by atoms with E-state index >= 15 is 0 Å². The maximum absolute atomic E-state index is 12.5. The fourth-order valence-electron chi connectivity index (χ4n) is 3.54. The number of ketones is 1. The van der Waals surface area contributed by atoms with Crippen LogP contribution in [0, 0.1) is 5.92 Å². The first-order chi connectivity index (χ1) is 15.5. The summed E-state index contributed by atoms with van der Waals surface area (Å²) in [7, 11) is -3.91. The first-order valence-electron chi connectivity index (χ1n) is 10.4. The van der Waals surface area contributed by atoms with Gasteiger partial charge in [0.25, 0.3) is 10.0 Å². The van der Waals surface area contributed by atoms with Gasteiger partial charge in [0.2, 0.25) is 0 Å². The molecule has 0 bridgehead atoms. The SMILES string of the molecule is CC(=O)c1ccc(OCCC[C@@H]2CCN(NS(=O)(=O)c3ccc(OC(F)(F)F)cc3)C2)cc1. The average molecular weight is 487 g/mol. The number of nitrogens with zero attached hydrogens (tertiary/aromatic N) is 1. The van der Waals surface area contributed by atoms with E-state index in [1.165, 1.54) is 6.92 Å². The van der Waals surface area contributed by atoms with Crippen LogP contribution in [0.1, 0.15) is 36.5 Å². The highest BCUT2D eigenvalue weighted by Gasteiger charge is 2.31. The van der Waals surface area contributed by atoms with Crippen LogP contribution in [0.5, 0.6) is 11.5 Å². The molecule has 0 aliphatic carbocycles. The molecule has 1 aliphatic rings. The first kappa shape index (κ1) is 25.0. The number of benzene rings is 2. The molecule has 2 aromatic carbocycles. The van der Waals surface area contributed by atoms with Gasteiger partial charge in [0.1, 0.15) is 11.5 Å². The molecule has 3 rings (SSSR count). The largest absolute Gasteiger partial charge is 0.573 e. The molecule has 180 valence electrons. The summed E-state index contributed by atoms with van der Waals surface area (Å²) in [6, 6.07) is 11.0. The normalized spacial score (nSPS) is 17.2. The number of halogens is 3. The van der Waals surface area contributed by atoms with Crippen LogP contribution in [-0.4, -0.2) is 45.3 Å². The van der Waals surface area contributed by atoms with Gasteiger partial charge in [-0.1, -0.05) is 0 Å². The van der Waals surface area contributed by atoms with E-state index in [0.717, 1.165) is 43.5 Å². The van der Waals surface area contributed by atoms with Gasteiger partial charge < -0.3 is 9.47 Å². The molecule has 11 heteroatoms. The van der Waals surface area contributed by atoms with Gasteiger partial charge in [-0.25, -0.2) is 13.4 Å². The summed E-state index contributed by atoms with van der Waals surface area (Å²) in [6.45, 7) is 3.08. The molecule has 1 saturated heterocycles.